The van der Waals surface area contributed by atoms with Crippen LogP contribution in [0.4, 0.5) is 0 Å². The first-order valence-electron chi connectivity index (χ1n) is 4.89. The van der Waals surface area contributed by atoms with E-state index in [1.165, 1.54) is 0 Å². The Morgan fingerprint density at radius 1 is 1.53 bits per heavy atom. The summed E-state index contributed by atoms with van der Waals surface area (Å²) >= 11 is 0. The highest BCUT2D eigenvalue weighted by Gasteiger charge is 2.08. The molecule has 0 saturated heterocycles. The Morgan fingerprint density at radius 2 is 2.27 bits per heavy atom. The van der Waals surface area contributed by atoms with E-state index in [-0.39, 0.29) is 18.4 Å². The lowest BCUT2D eigenvalue weighted by atomic mass is 10.4. The maximum absolute atomic E-state index is 11.2. The van der Waals surface area contributed by atoms with Crippen molar-refractivity contribution in [1.29, 1.82) is 0 Å². The molecular formula is C10H17ClN2O2. The lowest BCUT2D eigenvalue weighted by Crippen LogP contribution is -3.00. The van der Waals surface area contributed by atoms with Gasteiger partial charge in [0.05, 0.1) is 13.7 Å². The van der Waals surface area contributed by atoms with E-state index in [2.05, 4.69) is 6.92 Å². The smallest absolute Gasteiger partial charge is 0.348 e. The van der Waals surface area contributed by atoms with Gasteiger partial charge in [-0.05, 0) is 6.42 Å². The summed E-state index contributed by atoms with van der Waals surface area (Å²) in [6.45, 7) is 2.90. The van der Waals surface area contributed by atoms with E-state index in [9.17, 15) is 4.79 Å². The number of hydrogen-bond acceptors (Lipinski definition) is 2. The van der Waals surface area contributed by atoms with Gasteiger partial charge in [0.15, 0.2) is 6.54 Å². The van der Waals surface area contributed by atoms with Gasteiger partial charge in [-0.15, -0.1) is 0 Å². The van der Waals surface area contributed by atoms with Crippen molar-refractivity contribution >= 4 is 5.97 Å². The zero-order chi connectivity index (χ0) is 10.4. The first-order valence-corrected chi connectivity index (χ1v) is 4.89. The van der Waals surface area contributed by atoms with Crippen LogP contribution in [0.5, 0.6) is 0 Å². The molecule has 1 rings (SSSR count). The summed E-state index contributed by atoms with van der Waals surface area (Å²) in [6.07, 6.45) is 7.57. The highest BCUT2D eigenvalue weighted by Crippen LogP contribution is 1.91. The number of carbonyl (C=O) groups excluding carboxylic acids is 1. The molecule has 0 fully saturated rings. The minimum Gasteiger partial charge on any atom is -1.00 e. The van der Waals surface area contributed by atoms with Crippen molar-refractivity contribution in [1.82, 2.24) is 4.57 Å². The standard InChI is InChI=1S/C10H17N2O2.ClH/c1-3-4-7-14-10(13)8-12-6-5-11(2)9-12;/h5-6,9H,3-4,7-8H2,1-2H3;1H/q+1;/p-1. The third kappa shape index (κ3) is 5.42. The van der Waals surface area contributed by atoms with Crippen LogP contribution >= 0.6 is 0 Å². The Kier molecular flexibility index (Phi) is 6.79. The zero-order valence-corrected chi connectivity index (χ0v) is 9.91. The highest BCUT2D eigenvalue weighted by atomic mass is 35.5. The molecular weight excluding hydrogens is 216 g/mol. The van der Waals surface area contributed by atoms with Crippen LogP contribution in [0.15, 0.2) is 18.7 Å². The molecule has 1 heterocycles. The van der Waals surface area contributed by atoms with Crippen LogP contribution in [-0.2, 0) is 23.1 Å². The van der Waals surface area contributed by atoms with Crippen LogP contribution in [0.1, 0.15) is 19.8 Å². The summed E-state index contributed by atoms with van der Waals surface area (Å²) in [5.74, 6) is -0.172. The first-order chi connectivity index (χ1) is 6.72. The molecule has 0 saturated carbocycles. The van der Waals surface area contributed by atoms with Crippen molar-refractivity contribution in [3.63, 3.8) is 0 Å². The fourth-order valence-electron chi connectivity index (χ4n) is 1.12. The van der Waals surface area contributed by atoms with Crippen molar-refractivity contribution in [3.8, 4) is 0 Å². The monoisotopic (exact) mass is 232 g/mol. The quantitative estimate of drug-likeness (QED) is 0.324. The zero-order valence-electron chi connectivity index (χ0n) is 9.15. The number of carbonyl (C=O) groups is 1. The topological polar surface area (TPSA) is 35.1 Å². The van der Waals surface area contributed by atoms with Crippen molar-refractivity contribution in [2.75, 3.05) is 6.61 Å². The van der Waals surface area contributed by atoms with Crippen molar-refractivity contribution in [2.45, 2.75) is 26.3 Å². The molecule has 0 unspecified atom stereocenters. The maximum atomic E-state index is 11.2. The lowest BCUT2D eigenvalue weighted by Gasteiger charge is -2.00. The molecule has 4 nitrogen and oxygen atoms in total. The van der Waals surface area contributed by atoms with Crippen LogP contribution in [0.2, 0.25) is 0 Å². The van der Waals surface area contributed by atoms with Gasteiger partial charge in [0.2, 0.25) is 6.33 Å². The molecule has 0 atom stereocenters. The average Bonchev–Trinajstić information content (AvgIpc) is 2.52. The highest BCUT2D eigenvalue weighted by molar-refractivity contribution is 5.69. The van der Waals surface area contributed by atoms with Gasteiger partial charge >= 0.3 is 5.97 Å². The normalized spacial score (nSPS) is 9.47. The number of imidazole rings is 1. The van der Waals surface area contributed by atoms with Crippen LogP contribution in [0.3, 0.4) is 0 Å². The van der Waals surface area contributed by atoms with Crippen molar-refractivity contribution < 1.29 is 26.5 Å². The van der Waals surface area contributed by atoms with Gasteiger partial charge in [0, 0.05) is 0 Å². The van der Waals surface area contributed by atoms with Crippen molar-refractivity contribution in [2.24, 2.45) is 7.05 Å². The third-order valence-electron chi connectivity index (χ3n) is 1.90. The van der Waals surface area contributed by atoms with Crippen molar-refractivity contribution in [3.05, 3.63) is 18.7 Å². The number of ether oxygens (including phenoxy) is 1. The second-order valence-electron chi connectivity index (χ2n) is 3.33. The predicted octanol–water partition coefficient (Wildman–Crippen LogP) is -2.34. The second-order valence-corrected chi connectivity index (χ2v) is 3.33. The van der Waals surface area contributed by atoms with Gasteiger partial charge in [-0.2, -0.15) is 0 Å². The number of hydrogen-bond donors (Lipinski definition) is 0. The summed E-state index contributed by atoms with van der Waals surface area (Å²) in [5, 5.41) is 0. The van der Waals surface area contributed by atoms with Gasteiger partial charge in [-0.25, -0.2) is 13.9 Å². The Balaban J connectivity index is 0.00000196. The van der Waals surface area contributed by atoms with E-state index in [0.29, 0.717) is 13.2 Å². The summed E-state index contributed by atoms with van der Waals surface area (Å²) in [6, 6.07) is 0. The van der Waals surface area contributed by atoms with Crippen LogP contribution in [-0.4, -0.2) is 17.1 Å². The van der Waals surface area contributed by atoms with E-state index in [0.717, 1.165) is 12.8 Å². The molecule has 1 aromatic rings. The average molecular weight is 233 g/mol. The van der Waals surface area contributed by atoms with E-state index in [4.69, 9.17) is 4.74 Å². The Morgan fingerprint density at radius 3 is 2.80 bits per heavy atom. The fourth-order valence-corrected chi connectivity index (χ4v) is 1.12. The predicted molar refractivity (Wildman–Crippen MR) is 51.5 cm³/mol. The Hall–Kier alpha value is -1.03. The summed E-state index contributed by atoms with van der Waals surface area (Å²) in [4.78, 5) is 11.2. The lowest BCUT2D eigenvalue weighted by molar-refractivity contribution is -0.671. The molecule has 0 bridgehead atoms. The molecule has 0 aliphatic carbocycles. The molecule has 15 heavy (non-hydrogen) atoms. The molecule has 0 aliphatic heterocycles. The van der Waals surface area contributed by atoms with Gasteiger partial charge in [-0.3, -0.25) is 0 Å². The number of halogens is 1. The first kappa shape index (κ1) is 14.0. The Bertz CT molecular complexity index is 299. The number of aromatic nitrogens is 2. The number of unbranched alkanes of at least 4 members (excludes halogenated alkanes) is 1. The molecule has 0 radical (unpaired) electrons. The summed E-state index contributed by atoms with van der Waals surface area (Å²) in [5.41, 5.74) is 0. The Labute approximate surface area is 96.3 Å². The molecule has 86 valence electrons. The van der Waals surface area contributed by atoms with E-state index >= 15 is 0 Å². The maximum Gasteiger partial charge on any atom is 0.348 e. The molecule has 0 aromatic carbocycles. The molecule has 0 amide bonds. The second kappa shape index (κ2) is 7.29. The molecule has 0 N–H and O–H groups in total. The third-order valence-corrected chi connectivity index (χ3v) is 1.90. The van der Waals surface area contributed by atoms with E-state index < -0.39 is 0 Å². The van der Waals surface area contributed by atoms with E-state index in [1.54, 1.807) is 4.57 Å². The minimum atomic E-state index is -0.172. The molecule has 1 aromatic heterocycles. The van der Waals surface area contributed by atoms with Crippen LogP contribution in [0.25, 0.3) is 0 Å². The van der Waals surface area contributed by atoms with Crippen LogP contribution in [0, 0.1) is 0 Å². The van der Waals surface area contributed by atoms with Gasteiger partial charge in [0.1, 0.15) is 12.4 Å². The summed E-state index contributed by atoms with van der Waals surface area (Å²) in [7, 11) is 1.92. The van der Waals surface area contributed by atoms with Gasteiger partial charge < -0.3 is 17.1 Å². The SMILES string of the molecule is CCCCOC(=O)Cn1cc[n+](C)c1.[Cl-]. The van der Waals surface area contributed by atoms with Crippen LogP contribution < -0.4 is 17.0 Å². The minimum absolute atomic E-state index is 0. The largest absolute Gasteiger partial charge is 1.00 e. The number of aryl methyl sites for hydroxylation is 1. The molecule has 0 aliphatic rings. The number of esters is 1. The number of rotatable bonds is 5. The van der Waals surface area contributed by atoms with E-state index in [1.807, 2.05) is 30.3 Å². The van der Waals surface area contributed by atoms with Gasteiger partial charge in [-0.1, -0.05) is 13.3 Å². The number of nitrogens with zero attached hydrogens (tertiary/aromatic N) is 2. The van der Waals surface area contributed by atoms with Gasteiger partial charge in [0.25, 0.3) is 0 Å². The molecule has 5 heteroatoms. The fraction of sp³-hybridized carbons (Fsp3) is 0.600. The molecule has 0 spiro atoms. The summed E-state index contributed by atoms with van der Waals surface area (Å²) < 4.78 is 8.71.